The van der Waals surface area contributed by atoms with E-state index in [0.717, 1.165) is 6.42 Å². The second kappa shape index (κ2) is 5.51. The van der Waals surface area contributed by atoms with E-state index in [1.54, 1.807) is 0 Å². The SMILES string of the molecule is CC[C@H](OC(C)=O)C(C)(C)[C@H]1C=CCCC1. The third kappa shape index (κ3) is 3.10. The number of carbonyl (C=O) groups is 1. The monoisotopic (exact) mass is 224 g/mol. The maximum atomic E-state index is 11.1. The highest BCUT2D eigenvalue weighted by Gasteiger charge is 2.37. The van der Waals surface area contributed by atoms with Crippen LogP contribution in [0.5, 0.6) is 0 Å². The van der Waals surface area contributed by atoms with Crippen LogP contribution in [0, 0.1) is 11.3 Å². The first-order valence-electron chi connectivity index (χ1n) is 6.32. The van der Waals surface area contributed by atoms with Crippen LogP contribution in [0.15, 0.2) is 12.2 Å². The Kier molecular flexibility index (Phi) is 4.57. The zero-order chi connectivity index (χ0) is 12.2. The first-order valence-corrected chi connectivity index (χ1v) is 6.32. The molecule has 0 aromatic heterocycles. The lowest BCUT2D eigenvalue weighted by molar-refractivity contribution is -0.154. The van der Waals surface area contributed by atoms with Gasteiger partial charge in [-0.25, -0.2) is 0 Å². The van der Waals surface area contributed by atoms with E-state index in [0.29, 0.717) is 5.92 Å². The predicted molar refractivity (Wildman–Crippen MR) is 66.1 cm³/mol. The van der Waals surface area contributed by atoms with Gasteiger partial charge in [-0.05, 0) is 31.6 Å². The molecule has 0 heterocycles. The summed E-state index contributed by atoms with van der Waals surface area (Å²) in [4.78, 5) is 11.1. The largest absolute Gasteiger partial charge is 0.462 e. The normalized spacial score (nSPS) is 22.9. The summed E-state index contributed by atoms with van der Waals surface area (Å²) in [6.45, 7) is 8.01. The number of hydrogen-bond donors (Lipinski definition) is 0. The molecule has 0 unspecified atom stereocenters. The highest BCUT2D eigenvalue weighted by Crippen LogP contribution is 2.39. The van der Waals surface area contributed by atoms with Crippen molar-refractivity contribution in [1.82, 2.24) is 0 Å². The van der Waals surface area contributed by atoms with Crippen LogP contribution in [0.4, 0.5) is 0 Å². The molecule has 0 saturated carbocycles. The highest BCUT2D eigenvalue weighted by atomic mass is 16.5. The molecule has 0 saturated heterocycles. The molecule has 0 spiro atoms. The van der Waals surface area contributed by atoms with Gasteiger partial charge in [0.15, 0.2) is 0 Å². The lowest BCUT2D eigenvalue weighted by Gasteiger charge is -2.39. The van der Waals surface area contributed by atoms with Gasteiger partial charge >= 0.3 is 5.97 Å². The summed E-state index contributed by atoms with van der Waals surface area (Å²) in [5.41, 5.74) is 0.0390. The second-order valence-electron chi connectivity index (χ2n) is 5.29. The summed E-state index contributed by atoms with van der Waals surface area (Å²) in [5, 5.41) is 0. The molecule has 1 aliphatic carbocycles. The molecular weight excluding hydrogens is 200 g/mol. The van der Waals surface area contributed by atoms with E-state index in [-0.39, 0.29) is 17.5 Å². The minimum Gasteiger partial charge on any atom is -0.462 e. The summed E-state index contributed by atoms with van der Waals surface area (Å²) in [5.74, 6) is 0.366. The third-order valence-electron chi connectivity index (χ3n) is 3.72. The molecule has 0 N–H and O–H groups in total. The minimum absolute atomic E-state index is 0.0257. The molecule has 0 radical (unpaired) electrons. The fraction of sp³-hybridized carbons (Fsp3) is 0.786. The van der Waals surface area contributed by atoms with Gasteiger partial charge in [-0.3, -0.25) is 4.79 Å². The Balaban J connectivity index is 2.75. The second-order valence-corrected chi connectivity index (χ2v) is 5.29. The van der Waals surface area contributed by atoms with Crippen molar-refractivity contribution in [3.63, 3.8) is 0 Å². The maximum absolute atomic E-state index is 11.1. The van der Waals surface area contributed by atoms with Gasteiger partial charge in [-0.2, -0.15) is 0 Å². The van der Waals surface area contributed by atoms with Crippen LogP contribution >= 0.6 is 0 Å². The van der Waals surface area contributed by atoms with Crippen molar-refractivity contribution in [2.24, 2.45) is 11.3 Å². The van der Waals surface area contributed by atoms with E-state index < -0.39 is 0 Å². The van der Waals surface area contributed by atoms with Gasteiger partial charge in [-0.15, -0.1) is 0 Å². The predicted octanol–water partition coefficient (Wildman–Crippen LogP) is 3.71. The van der Waals surface area contributed by atoms with Crippen LogP contribution in [0.25, 0.3) is 0 Å². The molecule has 0 aromatic rings. The van der Waals surface area contributed by atoms with Crippen molar-refractivity contribution in [3.05, 3.63) is 12.2 Å². The minimum atomic E-state index is -0.167. The fourth-order valence-electron chi connectivity index (χ4n) is 2.63. The Morgan fingerprint density at radius 1 is 1.56 bits per heavy atom. The third-order valence-corrected chi connectivity index (χ3v) is 3.72. The van der Waals surface area contributed by atoms with Crippen LogP contribution in [0.3, 0.4) is 0 Å². The summed E-state index contributed by atoms with van der Waals surface area (Å²) in [7, 11) is 0. The van der Waals surface area contributed by atoms with Gasteiger partial charge in [0, 0.05) is 12.3 Å². The number of carbonyl (C=O) groups excluding carboxylic acids is 1. The molecule has 16 heavy (non-hydrogen) atoms. The Morgan fingerprint density at radius 3 is 2.69 bits per heavy atom. The van der Waals surface area contributed by atoms with Crippen LogP contribution in [0.2, 0.25) is 0 Å². The molecule has 0 bridgehead atoms. The maximum Gasteiger partial charge on any atom is 0.302 e. The molecule has 1 rings (SSSR count). The lowest BCUT2D eigenvalue weighted by Crippen LogP contribution is -2.39. The van der Waals surface area contributed by atoms with Crippen LogP contribution in [0.1, 0.15) is 53.4 Å². The summed E-state index contributed by atoms with van der Waals surface area (Å²) in [6.07, 6.45) is 9.13. The van der Waals surface area contributed by atoms with Crippen molar-refractivity contribution >= 4 is 5.97 Å². The molecule has 0 aromatic carbocycles. The highest BCUT2D eigenvalue weighted by molar-refractivity contribution is 5.66. The molecule has 92 valence electrons. The van der Waals surface area contributed by atoms with Gasteiger partial charge in [-0.1, -0.05) is 32.9 Å². The average Bonchev–Trinajstić information content (AvgIpc) is 2.26. The zero-order valence-corrected chi connectivity index (χ0v) is 11.0. The number of rotatable bonds is 4. The lowest BCUT2D eigenvalue weighted by atomic mass is 9.70. The summed E-state index contributed by atoms with van der Waals surface area (Å²) in [6, 6.07) is 0. The molecule has 2 heteroatoms. The van der Waals surface area contributed by atoms with Gasteiger partial charge in [0.1, 0.15) is 6.10 Å². The van der Waals surface area contributed by atoms with Gasteiger partial charge in [0.05, 0.1) is 0 Å². The van der Waals surface area contributed by atoms with Gasteiger partial charge in [0.25, 0.3) is 0 Å². The van der Waals surface area contributed by atoms with Crippen molar-refractivity contribution in [2.45, 2.75) is 59.5 Å². The molecule has 0 aliphatic heterocycles. The number of allylic oxidation sites excluding steroid dienone is 2. The zero-order valence-electron chi connectivity index (χ0n) is 11.0. The number of esters is 1. The van der Waals surface area contributed by atoms with E-state index in [1.807, 2.05) is 0 Å². The van der Waals surface area contributed by atoms with E-state index >= 15 is 0 Å². The van der Waals surface area contributed by atoms with E-state index in [9.17, 15) is 4.79 Å². The van der Waals surface area contributed by atoms with E-state index in [2.05, 4.69) is 32.9 Å². The number of ether oxygens (including phenoxy) is 1. The quantitative estimate of drug-likeness (QED) is 0.537. The first-order chi connectivity index (χ1) is 7.48. The van der Waals surface area contributed by atoms with Crippen molar-refractivity contribution in [3.8, 4) is 0 Å². The van der Waals surface area contributed by atoms with Crippen molar-refractivity contribution in [2.75, 3.05) is 0 Å². The Morgan fingerprint density at radius 2 is 2.25 bits per heavy atom. The molecular formula is C14H24O2. The fourth-order valence-corrected chi connectivity index (χ4v) is 2.63. The first kappa shape index (κ1) is 13.3. The molecule has 1 aliphatic rings. The molecule has 0 fully saturated rings. The van der Waals surface area contributed by atoms with Crippen molar-refractivity contribution < 1.29 is 9.53 Å². The van der Waals surface area contributed by atoms with E-state index in [4.69, 9.17) is 4.74 Å². The topological polar surface area (TPSA) is 26.3 Å². The van der Waals surface area contributed by atoms with Gasteiger partial charge < -0.3 is 4.74 Å². The Labute approximate surface area is 99.1 Å². The molecule has 2 nitrogen and oxygen atoms in total. The smallest absolute Gasteiger partial charge is 0.302 e. The Hall–Kier alpha value is -0.790. The summed E-state index contributed by atoms with van der Waals surface area (Å²) >= 11 is 0. The van der Waals surface area contributed by atoms with E-state index in [1.165, 1.54) is 26.2 Å². The standard InChI is InChI=1S/C14H24O2/c1-5-13(16-11(2)15)14(3,4)12-9-7-6-8-10-12/h7,9,12-13H,5-6,8,10H2,1-4H3/t12-,13-/m0/s1. The van der Waals surface area contributed by atoms with Crippen LogP contribution < -0.4 is 0 Å². The average molecular weight is 224 g/mol. The van der Waals surface area contributed by atoms with Gasteiger partial charge in [0.2, 0.25) is 0 Å². The summed E-state index contributed by atoms with van der Waals surface area (Å²) < 4.78 is 5.44. The number of hydrogen-bond acceptors (Lipinski definition) is 2. The van der Waals surface area contributed by atoms with Crippen LogP contribution in [-0.4, -0.2) is 12.1 Å². The Bertz CT molecular complexity index is 266. The van der Waals surface area contributed by atoms with Crippen molar-refractivity contribution in [1.29, 1.82) is 0 Å². The molecule has 2 atom stereocenters. The van der Waals surface area contributed by atoms with Crippen LogP contribution in [-0.2, 0) is 9.53 Å². The molecule has 0 amide bonds.